The van der Waals surface area contributed by atoms with Crippen LogP contribution in [0.15, 0.2) is 60.7 Å². The molecule has 2 aromatic carbocycles. The van der Waals surface area contributed by atoms with E-state index in [4.69, 9.17) is 4.98 Å². The van der Waals surface area contributed by atoms with E-state index < -0.39 is 0 Å². The van der Waals surface area contributed by atoms with Crippen molar-refractivity contribution >= 4 is 16.8 Å². The molecule has 1 aliphatic rings. The maximum absolute atomic E-state index is 13.2. The lowest BCUT2D eigenvalue weighted by Gasteiger charge is -2.28. The van der Waals surface area contributed by atoms with E-state index in [1.165, 1.54) is 32.1 Å². The van der Waals surface area contributed by atoms with Gasteiger partial charge in [-0.05, 0) is 37.8 Å². The van der Waals surface area contributed by atoms with E-state index >= 15 is 0 Å². The van der Waals surface area contributed by atoms with Crippen LogP contribution in [0, 0.1) is 5.92 Å². The number of rotatable bonds is 4. The first-order valence-corrected chi connectivity index (χ1v) is 9.98. The van der Waals surface area contributed by atoms with Crippen molar-refractivity contribution in [2.45, 2.75) is 45.1 Å². The summed E-state index contributed by atoms with van der Waals surface area (Å²) in [4.78, 5) is 17.9. The zero-order chi connectivity index (χ0) is 18.6. The Balaban J connectivity index is 1.68. The molecule has 1 aliphatic carbocycles. The number of aromatic nitrogens is 1. The van der Waals surface area contributed by atoms with E-state index in [-0.39, 0.29) is 11.9 Å². The fourth-order valence-electron chi connectivity index (χ4n) is 4.16. The van der Waals surface area contributed by atoms with Gasteiger partial charge >= 0.3 is 0 Å². The van der Waals surface area contributed by atoms with E-state index in [1.54, 1.807) is 0 Å². The number of carbonyl (C=O) groups excluding carboxylic acids is 1. The Morgan fingerprint density at radius 3 is 2.48 bits per heavy atom. The molecule has 1 saturated carbocycles. The second-order valence-electron chi connectivity index (χ2n) is 7.60. The van der Waals surface area contributed by atoms with Crippen LogP contribution in [-0.4, -0.2) is 16.9 Å². The van der Waals surface area contributed by atoms with Gasteiger partial charge in [-0.25, -0.2) is 4.98 Å². The Morgan fingerprint density at radius 1 is 1.00 bits per heavy atom. The smallest absolute Gasteiger partial charge is 0.252 e. The minimum absolute atomic E-state index is 0.00357. The summed E-state index contributed by atoms with van der Waals surface area (Å²) in [6.07, 6.45) is 6.32. The highest BCUT2D eigenvalue weighted by atomic mass is 16.1. The molecule has 138 valence electrons. The van der Waals surface area contributed by atoms with Gasteiger partial charge in [-0.3, -0.25) is 4.79 Å². The molecule has 4 rings (SSSR count). The zero-order valence-electron chi connectivity index (χ0n) is 15.8. The average molecular weight is 358 g/mol. The molecule has 1 atom stereocenters. The predicted octanol–water partition coefficient (Wildman–Crippen LogP) is 5.60. The standard InChI is InChI=1S/C24H26N2O/c1-17(18-10-4-2-5-11-18)25-24(27)21-16-23(19-12-6-3-7-13-19)26-22-15-9-8-14-20(21)22/h3,6-9,12-18H,2,4-5,10-11H2,1H3,(H,25,27). The van der Waals surface area contributed by atoms with E-state index in [2.05, 4.69) is 12.2 Å². The highest BCUT2D eigenvalue weighted by Gasteiger charge is 2.23. The molecule has 1 unspecified atom stereocenters. The van der Waals surface area contributed by atoms with Crippen LogP contribution in [0.5, 0.6) is 0 Å². The highest BCUT2D eigenvalue weighted by molar-refractivity contribution is 6.07. The van der Waals surface area contributed by atoms with Crippen LogP contribution in [-0.2, 0) is 0 Å². The molecule has 1 heterocycles. The number of nitrogens with zero attached hydrogens (tertiary/aromatic N) is 1. The fraction of sp³-hybridized carbons (Fsp3) is 0.333. The van der Waals surface area contributed by atoms with Crippen LogP contribution in [0.3, 0.4) is 0 Å². The number of hydrogen-bond donors (Lipinski definition) is 1. The van der Waals surface area contributed by atoms with Gasteiger partial charge in [0.05, 0.1) is 16.8 Å². The average Bonchev–Trinajstić information content (AvgIpc) is 2.74. The normalized spacial score (nSPS) is 16.2. The van der Waals surface area contributed by atoms with Gasteiger partial charge in [0.2, 0.25) is 0 Å². The van der Waals surface area contributed by atoms with Crippen molar-refractivity contribution in [1.82, 2.24) is 10.3 Å². The first-order valence-electron chi connectivity index (χ1n) is 9.98. The molecule has 1 N–H and O–H groups in total. The predicted molar refractivity (Wildman–Crippen MR) is 111 cm³/mol. The summed E-state index contributed by atoms with van der Waals surface area (Å²) in [5, 5.41) is 4.18. The van der Waals surface area contributed by atoms with Crippen LogP contribution in [0.1, 0.15) is 49.4 Å². The van der Waals surface area contributed by atoms with Gasteiger partial charge in [-0.15, -0.1) is 0 Å². The number of fused-ring (bicyclic) bond motifs is 1. The molecule has 0 aliphatic heterocycles. The Hall–Kier alpha value is -2.68. The van der Waals surface area contributed by atoms with Crippen molar-refractivity contribution in [3.05, 3.63) is 66.2 Å². The van der Waals surface area contributed by atoms with Crippen molar-refractivity contribution in [2.75, 3.05) is 0 Å². The minimum atomic E-state index is 0.00357. The van der Waals surface area contributed by atoms with E-state index in [9.17, 15) is 4.79 Å². The number of amides is 1. The number of nitrogens with one attached hydrogen (secondary N) is 1. The van der Waals surface area contributed by atoms with Gasteiger partial charge in [0.25, 0.3) is 5.91 Å². The van der Waals surface area contributed by atoms with E-state index in [0.29, 0.717) is 11.5 Å². The van der Waals surface area contributed by atoms with Crippen LogP contribution >= 0.6 is 0 Å². The lowest BCUT2D eigenvalue weighted by Crippen LogP contribution is -2.39. The monoisotopic (exact) mass is 358 g/mol. The number of para-hydroxylation sites is 1. The molecular formula is C24H26N2O. The molecule has 3 nitrogen and oxygen atoms in total. The van der Waals surface area contributed by atoms with Crippen LogP contribution in [0.25, 0.3) is 22.2 Å². The third-order valence-electron chi connectivity index (χ3n) is 5.75. The van der Waals surface area contributed by atoms with Gasteiger partial charge < -0.3 is 5.32 Å². The van der Waals surface area contributed by atoms with Crippen molar-refractivity contribution in [3.63, 3.8) is 0 Å². The third kappa shape index (κ3) is 3.87. The first-order chi connectivity index (χ1) is 13.2. The largest absolute Gasteiger partial charge is 0.349 e. The molecular weight excluding hydrogens is 332 g/mol. The maximum Gasteiger partial charge on any atom is 0.252 e. The number of carbonyl (C=O) groups is 1. The lowest BCUT2D eigenvalue weighted by atomic mass is 9.84. The molecule has 1 amide bonds. The molecule has 27 heavy (non-hydrogen) atoms. The first kappa shape index (κ1) is 17.7. The summed E-state index contributed by atoms with van der Waals surface area (Å²) < 4.78 is 0. The summed E-state index contributed by atoms with van der Waals surface area (Å²) >= 11 is 0. The summed E-state index contributed by atoms with van der Waals surface area (Å²) in [5.41, 5.74) is 3.43. The van der Waals surface area contributed by atoms with Crippen LogP contribution in [0.2, 0.25) is 0 Å². The fourth-order valence-corrected chi connectivity index (χ4v) is 4.16. The summed E-state index contributed by atoms with van der Waals surface area (Å²) in [5.74, 6) is 0.591. The summed E-state index contributed by atoms with van der Waals surface area (Å²) in [6, 6.07) is 20.1. The zero-order valence-corrected chi connectivity index (χ0v) is 15.8. The molecule has 0 bridgehead atoms. The van der Waals surface area contributed by atoms with E-state index in [0.717, 1.165) is 22.2 Å². The molecule has 0 saturated heterocycles. The SMILES string of the molecule is CC(NC(=O)c1cc(-c2ccccc2)nc2ccccc12)C1CCCCC1. The molecule has 3 heteroatoms. The molecule has 1 fully saturated rings. The topological polar surface area (TPSA) is 42.0 Å². The van der Waals surface area contributed by atoms with Crippen molar-refractivity contribution in [1.29, 1.82) is 0 Å². The summed E-state index contributed by atoms with van der Waals surface area (Å²) in [7, 11) is 0. The number of hydrogen-bond acceptors (Lipinski definition) is 2. The van der Waals surface area contributed by atoms with Gasteiger partial charge in [0.1, 0.15) is 0 Å². The van der Waals surface area contributed by atoms with Crippen LogP contribution in [0.4, 0.5) is 0 Å². The molecule has 3 aromatic rings. The Bertz CT molecular complexity index is 930. The molecule has 0 spiro atoms. The van der Waals surface area contributed by atoms with Gasteiger partial charge in [-0.1, -0.05) is 67.8 Å². The second kappa shape index (κ2) is 7.91. The summed E-state index contributed by atoms with van der Waals surface area (Å²) in [6.45, 7) is 2.15. The second-order valence-corrected chi connectivity index (χ2v) is 7.60. The minimum Gasteiger partial charge on any atom is -0.349 e. The van der Waals surface area contributed by atoms with Gasteiger partial charge in [-0.2, -0.15) is 0 Å². The van der Waals surface area contributed by atoms with Crippen LogP contribution < -0.4 is 5.32 Å². The van der Waals surface area contributed by atoms with Crippen molar-refractivity contribution in [3.8, 4) is 11.3 Å². The van der Waals surface area contributed by atoms with Gasteiger partial charge in [0.15, 0.2) is 0 Å². The lowest BCUT2D eigenvalue weighted by molar-refractivity contribution is 0.0921. The van der Waals surface area contributed by atoms with Crippen molar-refractivity contribution < 1.29 is 4.79 Å². The Labute approximate surface area is 160 Å². The highest BCUT2D eigenvalue weighted by Crippen LogP contribution is 2.28. The number of pyridine rings is 1. The maximum atomic E-state index is 13.2. The quantitative estimate of drug-likeness (QED) is 0.659. The number of benzene rings is 2. The molecule has 0 radical (unpaired) electrons. The van der Waals surface area contributed by atoms with E-state index in [1.807, 2.05) is 60.7 Å². The third-order valence-corrected chi connectivity index (χ3v) is 5.75. The molecule has 1 aromatic heterocycles. The van der Waals surface area contributed by atoms with Crippen molar-refractivity contribution in [2.24, 2.45) is 5.92 Å². The van der Waals surface area contributed by atoms with Gasteiger partial charge in [0, 0.05) is 17.0 Å². The Kier molecular flexibility index (Phi) is 5.19. The Morgan fingerprint density at radius 2 is 1.70 bits per heavy atom.